The Morgan fingerprint density at radius 1 is 0.973 bits per heavy atom. The molecule has 0 fully saturated rings. The summed E-state index contributed by atoms with van der Waals surface area (Å²) >= 11 is 0. The highest BCUT2D eigenvalue weighted by atomic mass is 19.4. The molecule has 0 saturated carbocycles. The second-order valence-electron chi connectivity index (χ2n) is 8.37. The monoisotopic (exact) mass is 503 g/mol. The van der Waals surface area contributed by atoms with Crippen LogP contribution in [0.2, 0.25) is 0 Å². The van der Waals surface area contributed by atoms with Crippen LogP contribution < -0.4 is 5.32 Å². The molecule has 0 aliphatic heterocycles. The molecule has 6 heteroatoms. The van der Waals surface area contributed by atoms with Gasteiger partial charge in [-0.15, -0.1) is 0 Å². The van der Waals surface area contributed by atoms with Gasteiger partial charge < -0.3 is 10.1 Å². The van der Waals surface area contributed by atoms with Crippen molar-refractivity contribution in [3.8, 4) is 0 Å². The van der Waals surface area contributed by atoms with Crippen molar-refractivity contribution in [3.05, 3.63) is 137 Å². The van der Waals surface area contributed by atoms with E-state index in [0.29, 0.717) is 41.7 Å². The highest BCUT2D eigenvalue weighted by molar-refractivity contribution is 6.05. The molecule has 1 N–H and O–H groups in total. The van der Waals surface area contributed by atoms with Gasteiger partial charge in [0.2, 0.25) is 0 Å². The molecule has 1 aromatic rings. The number of carbonyl (C=O) groups is 2. The van der Waals surface area contributed by atoms with E-state index in [0.717, 1.165) is 29.6 Å². The van der Waals surface area contributed by atoms with E-state index in [4.69, 9.17) is 0 Å². The van der Waals surface area contributed by atoms with Gasteiger partial charge in [0.05, 0.1) is 5.56 Å². The van der Waals surface area contributed by atoms with Crippen molar-refractivity contribution in [2.24, 2.45) is 0 Å². The summed E-state index contributed by atoms with van der Waals surface area (Å²) in [7, 11) is 0. The molecule has 0 aromatic heterocycles. The third-order valence-corrected chi connectivity index (χ3v) is 5.84. The van der Waals surface area contributed by atoms with Gasteiger partial charge >= 0.3 is 6.18 Å². The van der Waals surface area contributed by atoms with Crippen molar-refractivity contribution in [1.82, 2.24) is 5.32 Å². The predicted octanol–water partition coefficient (Wildman–Crippen LogP) is 7.51. The van der Waals surface area contributed by atoms with Crippen molar-refractivity contribution in [3.63, 3.8) is 0 Å². The van der Waals surface area contributed by atoms with E-state index >= 15 is 0 Å². The molecule has 0 bridgehead atoms. The van der Waals surface area contributed by atoms with Crippen LogP contribution in [-0.4, -0.2) is 12.2 Å². The Kier molecular flexibility index (Phi) is 9.78. The highest BCUT2D eigenvalue weighted by Crippen LogP contribution is 2.32. The van der Waals surface area contributed by atoms with Gasteiger partial charge in [-0.2, -0.15) is 13.2 Å². The van der Waals surface area contributed by atoms with Crippen LogP contribution in [0.1, 0.15) is 36.8 Å². The van der Waals surface area contributed by atoms with Crippen LogP contribution >= 0.6 is 0 Å². The fourth-order valence-corrected chi connectivity index (χ4v) is 3.91. The van der Waals surface area contributed by atoms with Crippen LogP contribution in [0.3, 0.4) is 0 Å². The second kappa shape index (κ2) is 13.2. The summed E-state index contributed by atoms with van der Waals surface area (Å²) in [6.45, 7) is 3.64. The zero-order valence-corrected chi connectivity index (χ0v) is 20.3. The lowest BCUT2D eigenvalue weighted by molar-refractivity contribution is -0.137. The zero-order chi connectivity index (χ0) is 26.7. The first-order valence-corrected chi connectivity index (χ1v) is 11.9. The third kappa shape index (κ3) is 7.90. The smallest absolute Gasteiger partial charge is 0.322 e. The van der Waals surface area contributed by atoms with Crippen LogP contribution in [0, 0.1) is 0 Å². The number of hydrogen-bond donors (Lipinski definition) is 1. The van der Waals surface area contributed by atoms with Crippen molar-refractivity contribution in [2.45, 2.75) is 31.9 Å². The minimum Gasteiger partial charge on any atom is -0.322 e. The summed E-state index contributed by atoms with van der Waals surface area (Å²) in [5.74, 6) is -0.360. The van der Waals surface area contributed by atoms with Crippen LogP contribution in [0.15, 0.2) is 126 Å². The Labute approximate surface area is 215 Å². The number of rotatable bonds is 9. The number of nitrogens with one attached hydrogen (secondary N) is 1. The Morgan fingerprint density at radius 2 is 1.76 bits per heavy atom. The molecule has 1 aromatic carbocycles. The average molecular weight is 504 g/mol. The van der Waals surface area contributed by atoms with Crippen LogP contribution in [-0.2, 0) is 15.8 Å². The van der Waals surface area contributed by atoms with Crippen molar-refractivity contribution >= 4 is 17.8 Å². The van der Waals surface area contributed by atoms with Crippen molar-refractivity contribution in [2.75, 3.05) is 0 Å². The topological polar surface area (TPSA) is 46.2 Å². The fourth-order valence-electron chi connectivity index (χ4n) is 3.91. The molecule has 0 unspecified atom stereocenters. The molecule has 2 aliphatic carbocycles. The number of benzene rings is 1. The normalized spacial score (nSPS) is 16.2. The lowest BCUT2D eigenvalue weighted by Gasteiger charge is -2.15. The maximum Gasteiger partial charge on any atom is 0.416 e. The van der Waals surface area contributed by atoms with E-state index in [9.17, 15) is 22.8 Å². The molecule has 2 aliphatic rings. The van der Waals surface area contributed by atoms with Crippen LogP contribution in [0.5, 0.6) is 0 Å². The lowest BCUT2D eigenvalue weighted by Crippen LogP contribution is -2.25. The standard InChI is InChI=1S/C31H28F3NO2/c1-2-3-4-5-7-10-25-15-13-23(21-22-36)14-20-29(25)35-30(37)28-12-9-6-8-11-27(28)24-16-18-26(19-17-24)31(32,33)34/h2-9,12-14,16-20,22H,1,10-11,15,21H2,(H,35,37)/b4-3-,7-5-. The van der Waals surface area contributed by atoms with E-state index in [1.807, 2.05) is 42.5 Å². The quantitative estimate of drug-likeness (QED) is 0.280. The highest BCUT2D eigenvalue weighted by Gasteiger charge is 2.30. The van der Waals surface area contributed by atoms with E-state index in [2.05, 4.69) is 11.9 Å². The summed E-state index contributed by atoms with van der Waals surface area (Å²) in [5, 5.41) is 3.00. The second-order valence-corrected chi connectivity index (χ2v) is 8.37. The van der Waals surface area contributed by atoms with Gasteiger partial charge in [-0.05, 0) is 65.8 Å². The van der Waals surface area contributed by atoms with E-state index in [1.54, 1.807) is 30.4 Å². The minimum atomic E-state index is -4.43. The molecule has 1 amide bonds. The Hall–Kier alpha value is -4.19. The molecule has 3 nitrogen and oxygen atoms in total. The van der Waals surface area contributed by atoms with E-state index in [1.165, 1.54) is 12.1 Å². The number of hydrogen-bond acceptors (Lipinski definition) is 2. The summed E-state index contributed by atoms with van der Waals surface area (Å²) in [5.41, 5.74) is 3.26. The number of carbonyl (C=O) groups excluding carboxylic acids is 2. The predicted molar refractivity (Wildman–Crippen MR) is 142 cm³/mol. The SMILES string of the molecule is C=C/C=C\C=C/CC1=C(NC(=O)C2=C(c3ccc(C(F)(F)F)cc3)CC=CC=C2)C=CC(CC=O)=CC1. The van der Waals surface area contributed by atoms with Gasteiger partial charge in [0.1, 0.15) is 6.29 Å². The maximum absolute atomic E-state index is 13.5. The Balaban J connectivity index is 1.94. The molecule has 0 spiro atoms. The van der Waals surface area contributed by atoms with Crippen molar-refractivity contribution in [1.29, 1.82) is 0 Å². The summed E-state index contributed by atoms with van der Waals surface area (Å²) < 4.78 is 39.1. The Bertz CT molecular complexity index is 1260. The van der Waals surface area contributed by atoms with Gasteiger partial charge in [-0.25, -0.2) is 0 Å². The molecule has 0 radical (unpaired) electrons. The number of amides is 1. The average Bonchev–Trinajstić information content (AvgIpc) is 3.23. The summed E-state index contributed by atoms with van der Waals surface area (Å²) in [6, 6.07) is 4.84. The summed E-state index contributed by atoms with van der Waals surface area (Å²) in [6.07, 6.45) is 20.1. The number of aldehydes is 1. The first kappa shape index (κ1) is 27.4. The Morgan fingerprint density at radius 3 is 2.46 bits per heavy atom. The first-order chi connectivity index (χ1) is 17.8. The van der Waals surface area contributed by atoms with E-state index in [-0.39, 0.29) is 12.3 Å². The van der Waals surface area contributed by atoms with Gasteiger partial charge in [-0.1, -0.05) is 79.5 Å². The number of halogens is 3. The minimum absolute atomic E-state index is 0.278. The fraction of sp³-hybridized carbons (Fsp3) is 0.161. The third-order valence-electron chi connectivity index (χ3n) is 5.84. The molecule has 37 heavy (non-hydrogen) atoms. The molecule has 0 heterocycles. The van der Waals surface area contributed by atoms with Gasteiger partial charge in [0.15, 0.2) is 0 Å². The molecule has 0 atom stereocenters. The molecule has 190 valence electrons. The first-order valence-electron chi connectivity index (χ1n) is 11.9. The maximum atomic E-state index is 13.5. The molecular weight excluding hydrogens is 475 g/mol. The van der Waals surface area contributed by atoms with Gasteiger partial charge in [0, 0.05) is 17.7 Å². The molecule has 3 rings (SSSR count). The summed E-state index contributed by atoms with van der Waals surface area (Å²) in [4.78, 5) is 24.5. The molecular formula is C31H28F3NO2. The van der Waals surface area contributed by atoms with Crippen LogP contribution in [0.4, 0.5) is 13.2 Å². The molecule has 0 saturated heterocycles. The van der Waals surface area contributed by atoms with Gasteiger partial charge in [-0.3, -0.25) is 4.79 Å². The largest absolute Gasteiger partial charge is 0.416 e. The number of alkyl halides is 3. The van der Waals surface area contributed by atoms with Crippen molar-refractivity contribution < 1.29 is 22.8 Å². The lowest BCUT2D eigenvalue weighted by atomic mass is 9.95. The van der Waals surface area contributed by atoms with E-state index < -0.39 is 11.7 Å². The van der Waals surface area contributed by atoms with Crippen LogP contribution in [0.25, 0.3) is 5.57 Å². The number of allylic oxidation sites excluding steroid dienone is 14. The van der Waals surface area contributed by atoms with Gasteiger partial charge in [0.25, 0.3) is 5.91 Å². The zero-order valence-electron chi connectivity index (χ0n) is 20.3.